The van der Waals surface area contributed by atoms with E-state index in [4.69, 9.17) is 5.84 Å². The molecule has 2 rings (SSSR count). The van der Waals surface area contributed by atoms with Gasteiger partial charge in [0, 0.05) is 15.4 Å². The molecule has 5 heteroatoms. The van der Waals surface area contributed by atoms with E-state index in [2.05, 4.69) is 32.8 Å². The monoisotopic (exact) mass is 328 g/mol. The number of hydrazine groups is 1. The van der Waals surface area contributed by atoms with Gasteiger partial charge in [-0.3, -0.25) is 11.3 Å². The highest BCUT2D eigenvalue weighted by atomic mass is 79.9. The normalized spacial score (nSPS) is 12.6. The third kappa shape index (κ3) is 3.62. The lowest BCUT2D eigenvalue weighted by Gasteiger charge is -2.16. The van der Waals surface area contributed by atoms with Crippen LogP contribution in [0.2, 0.25) is 0 Å². The zero-order chi connectivity index (χ0) is 13.0. The second-order valence-corrected chi connectivity index (χ2v) is 5.99. The van der Waals surface area contributed by atoms with Crippen molar-refractivity contribution in [3.63, 3.8) is 0 Å². The molecule has 0 saturated carbocycles. The van der Waals surface area contributed by atoms with E-state index in [9.17, 15) is 4.39 Å². The molecule has 1 heterocycles. The number of hydrogen-bond acceptors (Lipinski definition) is 3. The number of halogens is 2. The molecule has 0 amide bonds. The molecule has 0 spiro atoms. The van der Waals surface area contributed by atoms with Crippen LogP contribution in [0.3, 0.4) is 0 Å². The number of nitrogens with two attached hydrogens (primary N) is 1. The lowest BCUT2D eigenvalue weighted by Crippen LogP contribution is -2.28. The molecule has 18 heavy (non-hydrogen) atoms. The first-order chi connectivity index (χ1) is 8.69. The van der Waals surface area contributed by atoms with Crippen LogP contribution in [-0.2, 0) is 6.42 Å². The van der Waals surface area contributed by atoms with E-state index in [1.807, 2.05) is 12.1 Å². The van der Waals surface area contributed by atoms with Gasteiger partial charge in [0.15, 0.2) is 0 Å². The summed E-state index contributed by atoms with van der Waals surface area (Å²) in [5.41, 5.74) is 3.61. The second-order valence-electron chi connectivity index (χ2n) is 4.04. The van der Waals surface area contributed by atoms with Crippen molar-refractivity contribution in [2.24, 2.45) is 5.84 Å². The molecule has 2 nitrogen and oxygen atoms in total. The Labute approximate surface area is 118 Å². The van der Waals surface area contributed by atoms with Crippen LogP contribution in [0.1, 0.15) is 22.9 Å². The highest BCUT2D eigenvalue weighted by Crippen LogP contribution is 2.24. The van der Waals surface area contributed by atoms with Gasteiger partial charge in [-0.25, -0.2) is 4.39 Å². The van der Waals surface area contributed by atoms with Gasteiger partial charge >= 0.3 is 0 Å². The Morgan fingerprint density at radius 3 is 2.83 bits per heavy atom. The molecule has 0 bridgehead atoms. The Balaban J connectivity index is 2.07. The fraction of sp³-hybridized carbons (Fsp3) is 0.231. The highest BCUT2D eigenvalue weighted by Gasteiger charge is 2.12. The van der Waals surface area contributed by atoms with Crippen LogP contribution in [0.25, 0.3) is 0 Å². The van der Waals surface area contributed by atoms with Crippen LogP contribution >= 0.6 is 27.3 Å². The number of benzene rings is 1. The van der Waals surface area contributed by atoms with Gasteiger partial charge in [-0.1, -0.05) is 22.0 Å². The topological polar surface area (TPSA) is 38.0 Å². The summed E-state index contributed by atoms with van der Waals surface area (Å²) >= 11 is 5.02. The van der Waals surface area contributed by atoms with Crippen molar-refractivity contribution in [3.05, 3.63) is 56.4 Å². The molecular formula is C13H14BrFN2S. The molecule has 3 N–H and O–H groups in total. The predicted octanol–water partition coefficient (Wildman–Crippen LogP) is 3.79. The van der Waals surface area contributed by atoms with Crippen molar-refractivity contribution >= 4 is 27.3 Å². The molecule has 0 aliphatic heterocycles. The minimum Gasteiger partial charge on any atom is -0.271 e. The fourth-order valence-electron chi connectivity index (χ4n) is 1.86. The largest absolute Gasteiger partial charge is 0.271 e. The number of hydrogen-bond donors (Lipinski definition) is 2. The molecular weight excluding hydrogens is 315 g/mol. The first-order valence-corrected chi connectivity index (χ1v) is 7.31. The van der Waals surface area contributed by atoms with Crippen molar-refractivity contribution in [1.29, 1.82) is 0 Å². The van der Waals surface area contributed by atoms with Gasteiger partial charge in [0.05, 0.1) is 0 Å². The molecule has 0 aliphatic rings. The zero-order valence-electron chi connectivity index (χ0n) is 9.70. The van der Waals surface area contributed by atoms with Crippen molar-refractivity contribution in [2.75, 3.05) is 0 Å². The number of rotatable bonds is 5. The van der Waals surface area contributed by atoms with Crippen molar-refractivity contribution in [2.45, 2.75) is 18.9 Å². The second kappa shape index (κ2) is 6.43. The Hall–Kier alpha value is -0.750. The van der Waals surface area contributed by atoms with E-state index in [-0.39, 0.29) is 11.9 Å². The average Bonchev–Trinajstić information content (AvgIpc) is 2.81. The zero-order valence-corrected chi connectivity index (χ0v) is 12.1. The number of aryl methyl sites for hydroxylation is 1. The van der Waals surface area contributed by atoms with Gasteiger partial charge in [0.2, 0.25) is 0 Å². The van der Waals surface area contributed by atoms with Gasteiger partial charge < -0.3 is 0 Å². The standard InChI is InChI=1S/C13H14BrFN2S/c14-10-6-9(7-11(15)8-10)13(17-16)4-3-12-2-1-5-18-12/h1-2,5-8,13,17H,3-4,16H2. The van der Waals surface area contributed by atoms with E-state index in [0.717, 1.165) is 22.9 Å². The first kappa shape index (κ1) is 13.7. The van der Waals surface area contributed by atoms with Gasteiger partial charge in [0.25, 0.3) is 0 Å². The Morgan fingerprint density at radius 2 is 2.22 bits per heavy atom. The third-order valence-corrected chi connectivity index (χ3v) is 4.14. The molecule has 2 aromatic rings. The highest BCUT2D eigenvalue weighted by molar-refractivity contribution is 9.10. The summed E-state index contributed by atoms with van der Waals surface area (Å²) < 4.78 is 14.1. The van der Waals surface area contributed by atoms with Crippen molar-refractivity contribution in [1.82, 2.24) is 5.43 Å². The summed E-state index contributed by atoms with van der Waals surface area (Å²) in [6.45, 7) is 0. The van der Waals surface area contributed by atoms with Crippen LogP contribution in [0.5, 0.6) is 0 Å². The smallest absolute Gasteiger partial charge is 0.124 e. The Bertz CT molecular complexity index is 481. The minimum absolute atomic E-state index is 0.0425. The van der Waals surface area contributed by atoms with Gasteiger partial charge in [-0.05, 0) is 48.1 Å². The molecule has 0 fully saturated rings. The van der Waals surface area contributed by atoms with Crippen LogP contribution in [-0.4, -0.2) is 0 Å². The first-order valence-electron chi connectivity index (χ1n) is 5.63. The minimum atomic E-state index is -0.254. The molecule has 1 aromatic heterocycles. The Kier molecular flexibility index (Phi) is 4.88. The maximum absolute atomic E-state index is 13.3. The van der Waals surface area contributed by atoms with Gasteiger partial charge in [-0.15, -0.1) is 11.3 Å². The molecule has 0 saturated heterocycles. The SMILES string of the molecule is NNC(CCc1cccs1)c1cc(F)cc(Br)c1. The summed E-state index contributed by atoms with van der Waals surface area (Å²) in [5, 5.41) is 2.05. The molecule has 96 valence electrons. The average molecular weight is 329 g/mol. The van der Waals surface area contributed by atoms with Crippen molar-refractivity contribution in [3.8, 4) is 0 Å². The van der Waals surface area contributed by atoms with Crippen molar-refractivity contribution < 1.29 is 4.39 Å². The summed E-state index contributed by atoms with van der Waals surface area (Å²) in [4.78, 5) is 1.31. The van der Waals surface area contributed by atoms with E-state index in [0.29, 0.717) is 0 Å². The van der Waals surface area contributed by atoms with Gasteiger partial charge in [0.1, 0.15) is 5.82 Å². The van der Waals surface area contributed by atoms with E-state index < -0.39 is 0 Å². The van der Waals surface area contributed by atoms with E-state index in [1.165, 1.54) is 17.0 Å². The lowest BCUT2D eigenvalue weighted by molar-refractivity contribution is 0.513. The van der Waals surface area contributed by atoms with Crippen LogP contribution in [0, 0.1) is 5.82 Å². The predicted molar refractivity (Wildman–Crippen MR) is 76.8 cm³/mol. The maximum atomic E-state index is 13.3. The number of thiophene rings is 1. The van der Waals surface area contributed by atoms with Crippen LogP contribution < -0.4 is 11.3 Å². The fourth-order valence-corrected chi connectivity index (χ4v) is 3.07. The van der Waals surface area contributed by atoms with E-state index in [1.54, 1.807) is 11.3 Å². The summed E-state index contributed by atoms with van der Waals surface area (Å²) in [7, 11) is 0. The van der Waals surface area contributed by atoms with Crippen LogP contribution in [0.4, 0.5) is 4.39 Å². The van der Waals surface area contributed by atoms with Crippen LogP contribution in [0.15, 0.2) is 40.2 Å². The molecule has 1 atom stereocenters. The molecule has 0 radical (unpaired) electrons. The lowest BCUT2D eigenvalue weighted by atomic mass is 10.0. The van der Waals surface area contributed by atoms with E-state index >= 15 is 0 Å². The summed E-state index contributed by atoms with van der Waals surface area (Å²) in [5.74, 6) is 5.31. The summed E-state index contributed by atoms with van der Waals surface area (Å²) in [6.07, 6.45) is 1.77. The quantitative estimate of drug-likeness (QED) is 0.647. The molecule has 1 aromatic carbocycles. The Morgan fingerprint density at radius 1 is 1.39 bits per heavy atom. The number of nitrogens with one attached hydrogen (secondary N) is 1. The molecule has 1 unspecified atom stereocenters. The van der Waals surface area contributed by atoms with Gasteiger partial charge in [-0.2, -0.15) is 0 Å². The third-order valence-electron chi connectivity index (χ3n) is 2.75. The summed E-state index contributed by atoms with van der Waals surface area (Å²) in [6, 6.07) is 8.94. The molecule has 0 aliphatic carbocycles. The maximum Gasteiger partial charge on any atom is 0.124 e.